The van der Waals surface area contributed by atoms with Crippen molar-refractivity contribution in [3.63, 3.8) is 0 Å². The molecule has 0 fully saturated rings. The van der Waals surface area contributed by atoms with Gasteiger partial charge >= 0.3 is 0 Å². The molecule has 3 aromatic rings. The second-order valence-corrected chi connectivity index (χ2v) is 7.11. The summed E-state index contributed by atoms with van der Waals surface area (Å²) in [6.45, 7) is 8.13. The smallest absolute Gasteiger partial charge is 0.224 e. The molecule has 28 heavy (non-hydrogen) atoms. The summed E-state index contributed by atoms with van der Waals surface area (Å²) >= 11 is 0. The minimum Gasteiger partial charge on any atom is -0.497 e. The standard InChI is InChI=1S/C23H27N3O2/c1-15-9-10-19(13-16(15)2)24-23(27)12-11-22-17(3)25-26(18(22)4)20-7-6-8-21(14-20)28-5/h6-10,13-14H,11-12H2,1-5H3,(H,24,27). The van der Waals surface area contributed by atoms with Gasteiger partial charge in [-0.2, -0.15) is 5.10 Å². The summed E-state index contributed by atoms with van der Waals surface area (Å²) < 4.78 is 7.22. The lowest BCUT2D eigenvalue weighted by atomic mass is 10.1. The Morgan fingerprint density at radius 1 is 1.07 bits per heavy atom. The number of aryl methyl sites for hydroxylation is 3. The lowest BCUT2D eigenvalue weighted by Gasteiger charge is -2.09. The number of rotatable bonds is 6. The first-order chi connectivity index (χ1) is 13.4. The van der Waals surface area contributed by atoms with E-state index in [2.05, 4.69) is 17.3 Å². The average molecular weight is 377 g/mol. The normalized spacial score (nSPS) is 10.8. The summed E-state index contributed by atoms with van der Waals surface area (Å²) in [6.07, 6.45) is 1.07. The van der Waals surface area contributed by atoms with Gasteiger partial charge in [-0.05, 0) is 75.1 Å². The molecule has 5 heteroatoms. The summed E-state index contributed by atoms with van der Waals surface area (Å²) in [5.74, 6) is 0.801. The fourth-order valence-electron chi connectivity index (χ4n) is 3.31. The van der Waals surface area contributed by atoms with Crippen LogP contribution in [0.5, 0.6) is 5.75 Å². The lowest BCUT2D eigenvalue weighted by molar-refractivity contribution is -0.116. The molecule has 2 aromatic carbocycles. The highest BCUT2D eigenvalue weighted by molar-refractivity contribution is 5.91. The van der Waals surface area contributed by atoms with E-state index in [0.29, 0.717) is 12.8 Å². The minimum absolute atomic E-state index is 0.0104. The van der Waals surface area contributed by atoms with Gasteiger partial charge in [-0.3, -0.25) is 4.79 Å². The Balaban J connectivity index is 1.71. The fourth-order valence-corrected chi connectivity index (χ4v) is 3.31. The van der Waals surface area contributed by atoms with Gasteiger partial charge in [0.1, 0.15) is 5.75 Å². The van der Waals surface area contributed by atoms with Crippen LogP contribution in [0.2, 0.25) is 0 Å². The van der Waals surface area contributed by atoms with Gasteiger partial charge in [0.25, 0.3) is 0 Å². The summed E-state index contributed by atoms with van der Waals surface area (Å²) in [6, 6.07) is 13.8. The highest BCUT2D eigenvalue weighted by atomic mass is 16.5. The number of carbonyl (C=O) groups is 1. The van der Waals surface area contributed by atoms with E-state index < -0.39 is 0 Å². The zero-order valence-electron chi connectivity index (χ0n) is 17.2. The van der Waals surface area contributed by atoms with Gasteiger partial charge < -0.3 is 10.1 Å². The zero-order valence-corrected chi connectivity index (χ0v) is 17.2. The number of ether oxygens (including phenoxy) is 1. The number of carbonyl (C=O) groups excluding carboxylic acids is 1. The second kappa shape index (κ2) is 8.30. The number of nitrogens with one attached hydrogen (secondary N) is 1. The Labute approximate surface area is 166 Å². The number of methoxy groups -OCH3 is 1. The Kier molecular flexibility index (Phi) is 5.83. The largest absolute Gasteiger partial charge is 0.497 e. The maximum Gasteiger partial charge on any atom is 0.224 e. The first-order valence-corrected chi connectivity index (χ1v) is 9.45. The van der Waals surface area contributed by atoms with Crippen molar-refractivity contribution in [2.45, 2.75) is 40.5 Å². The molecule has 0 unspecified atom stereocenters. The van der Waals surface area contributed by atoms with E-state index in [-0.39, 0.29) is 5.91 Å². The third kappa shape index (κ3) is 4.25. The second-order valence-electron chi connectivity index (χ2n) is 7.11. The van der Waals surface area contributed by atoms with Crippen molar-refractivity contribution in [1.82, 2.24) is 9.78 Å². The molecule has 1 amide bonds. The average Bonchev–Trinajstić information content (AvgIpc) is 2.97. The quantitative estimate of drug-likeness (QED) is 0.678. The van der Waals surface area contributed by atoms with Crippen molar-refractivity contribution in [3.05, 3.63) is 70.5 Å². The van der Waals surface area contributed by atoms with E-state index in [1.54, 1.807) is 7.11 Å². The maximum atomic E-state index is 12.4. The molecule has 1 heterocycles. The molecular weight excluding hydrogens is 350 g/mol. The maximum absolute atomic E-state index is 12.4. The predicted molar refractivity (Wildman–Crippen MR) is 112 cm³/mol. The highest BCUT2D eigenvalue weighted by Crippen LogP contribution is 2.22. The van der Waals surface area contributed by atoms with E-state index >= 15 is 0 Å². The first-order valence-electron chi connectivity index (χ1n) is 9.45. The molecule has 0 aliphatic rings. The van der Waals surface area contributed by atoms with Gasteiger partial charge in [-0.25, -0.2) is 4.68 Å². The van der Waals surface area contributed by atoms with E-state index in [1.165, 1.54) is 11.1 Å². The molecule has 146 valence electrons. The fraction of sp³-hybridized carbons (Fsp3) is 0.304. The van der Waals surface area contributed by atoms with Crippen LogP contribution in [0.4, 0.5) is 5.69 Å². The topological polar surface area (TPSA) is 56.2 Å². The summed E-state index contributed by atoms with van der Waals surface area (Å²) in [4.78, 5) is 12.4. The van der Waals surface area contributed by atoms with Crippen LogP contribution in [0.1, 0.15) is 34.5 Å². The number of hydrogen-bond donors (Lipinski definition) is 1. The number of anilines is 1. The van der Waals surface area contributed by atoms with Crippen molar-refractivity contribution in [2.75, 3.05) is 12.4 Å². The third-order valence-electron chi connectivity index (χ3n) is 5.13. The lowest BCUT2D eigenvalue weighted by Crippen LogP contribution is -2.13. The van der Waals surface area contributed by atoms with Crippen LogP contribution < -0.4 is 10.1 Å². The number of benzene rings is 2. The van der Waals surface area contributed by atoms with Crippen LogP contribution in [-0.4, -0.2) is 22.8 Å². The van der Waals surface area contributed by atoms with E-state index in [0.717, 1.165) is 34.1 Å². The van der Waals surface area contributed by atoms with Gasteiger partial charge in [0.15, 0.2) is 0 Å². The van der Waals surface area contributed by atoms with Crippen LogP contribution in [0, 0.1) is 27.7 Å². The molecule has 0 saturated heterocycles. The molecule has 0 spiro atoms. The third-order valence-corrected chi connectivity index (χ3v) is 5.13. The van der Waals surface area contributed by atoms with Gasteiger partial charge in [0.2, 0.25) is 5.91 Å². The van der Waals surface area contributed by atoms with Crippen molar-refractivity contribution in [1.29, 1.82) is 0 Å². The van der Waals surface area contributed by atoms with Crippen molar-refractivity contribution in [2.24, 2.45) is 0 Å². The van der Waals surface area contributed by atoms with E-state index in [9.17, 15) is 4.79 Å². The molecule has 0 saturated carbocycles. The van der Waals surface area contributed by atoms with Crippen LogP contribution in [0.25, 0.3) is 5.69 Å². The summed E-state index contributed by atoms with van der Waals surface area (Å²) in [7, 11) is 1.65. The first kappa shape index (κ1) is 19.7. The number of aromatic nitrogens is 2. The molecule has 0 aliphatic carbocycles. The van der Waals surface area contributed by atoms with Gasteiger partial charge in [0, 0.05) is 23.9 Å². The van der Waals surface area contributed by atoms with Crippen LogP contribution in [0.3, 0.4) is 0 Å². The Hall–Kier alpha value is -3.08. The molecule has 3 rings (SSSR count). The van der Waals surface area contributed by atoms with Crippen molar-refractivity contribution in [3.8, 4) is 11.4 Å². The van der Waals surface area contributed by atoms with Gasteiger partial charge in [-0.1, -0.05) is 12.1 Å². The molecule has 0 atom stereocenters. The Morgan fingerprint density at radius 2 is 1.86 bits per heavy atom. The van der Waals surface area contributed by atoms with E-state index in [4.69, 9.17) is 4.74 Å². The van der Waals surface area contributed by atoms with Crippen LogP contribution in [-0.2, 0) is 11.2 Å². The molecule has 0 aliphatic heterocycles. The predicted octanol–water partition coefficient (Wildman–Crippen LogP) is 4.69. The van der Waals surface area contributed by atoms with Crippen molar-refractivity contribution < 1.29 is 9.53 Å². The molecular formula is C23H27N3O2. The number of nitrogens with zero attached hydrogens (tertiary/aromatic N) is 2. The summed E-state index contributed by atoms with van der Waals surface area (Å²) in [5, 5.41) is 7.66. The Morgan fingerprint density at radius 3 is 2.57 bits per heavy atom. The number of hydrogen-bond acceptors (Lipinski definition) is 3. The molecule has 0 bridgehead atoms. The molecule has 0 radical (unpaired) electrons. The Bertz CT molecular complexity index is 1010. The van der Waals surface area contributed by atoms with Crippen molar-refractivity contribution >= 4 is 11.6 Å². The monoisotopic (exact) mass is 377 g/mol. The SMILES string of the molecule is COc1cccc(-n2nc(C)c(CCC(=O)Nc3ccc(C)c(C)c3)c2C)c1. The van der Waals surface area contributed by atoms with Crippen LogP contribution >= 0.6 is 0 Å². The molecule has 1 N–H and O–H groups in total. The summed E-state index contributed by atoms with van der Waals surface area (Å²) in [5.41, 5.74) is 7.28. The van der Waals surface area contributed by atoms with Gasteiger partial charge in [-0.15, -0.1) is 0 Å². The zero-order chi connectivity index (χ0) is 20.3. The van der Waals surface area contributed by atoms with Crippen LogP contribution in [0.15, 0.2) is 42.5 Å². The molecule has 1 aromatic heterocycles. The molecule has 5 nitrogen and oxygen atoms in total. The highest BCUT2D eigenvalue weighted by Gasteiger charge is 2.15. The van der Waals surface area contributed by atoms with Gasteiger partial charge in [0.05, 0.1) is 18.5 Å². The minimum atomic E-state index is 0.0104. The van der Waals surface area contributed by atoms with E-state index in [1.807, 2.05) is 67.9 Å². The number of amides is 1.